The van der Waals surface area contributed by atoms with Crippen LogP contribution in [0.4, 0.5) is 5.69 Å². The maximum absolute atomic E-state index is 11.9. The van der Waals surface area contributed by atoms with E-state index in [4.69, 9.17) is 5.11 Å². The largest absolute Gasteiger partial charge is 0.480 e. The zero-order chi connectivity index (χ0) is 14.6. The molecule has 0 aliphatic rings. The number of carboxylic acid groups (broad SMARTS) is 1. The highest BCUT2D eigenvalue weighted by atomic mass is 32.2. The second-order valence-electron chi connectivity index (χ2n) is 3.95. The van der Waals surface area contributed by atoms with Gasteiger partial charge in [0.1, 0.15) is 6.04 Å². The van der Waals surface area contributed by atoms with Crippen LogP contribution in [0.2, 0.25) is 0 Å². The third-order valence-electron chi connectivity index (χ3n) is 2.19. The van der Waals surface area contributed by atoms with Gasteiger partial charge in [0.15, 0.2) is 0 Å². The highest BCUT2D eigenvalue weighted by Gasteiger charge is 2.18. The van der Waals surface area contributed by atoms with E-state index in [1.54, 1.807) is 12.1 Å². The molecule has 0 saturated carbocycles. The van der Waals surface area contributed by atoms with Gasteiger partial charge in [-0.1, -0.05) is 12.1 Å². The zero-order valence-electron chi connectivity index (χ0n) is 10.4. The molecule has 19 heavy (non-hydrogen) atoms. The van der Waals surface area contributed by atoms with Crippen molar-refractivity contribution in [3.63, 3.8) is 0 Å². The van der Waals surface area contributed by atoms with Crippen LogP contribution in [0.25, 0.3) is 0 Å². The summed E-state index contributed by atoms with van der Waals surface area (Å²) in [5.41, 5.74) is 0.154. The summed E-state index contributed by atoms with van der Waals surface area (Å²) in [5.74, 6) is -1.84. The number of para-hydroxylation sites is 1. The fourth-order valence-electron chi connectivity index (χ4n) is 1.31. The predicted molar refractivity (Wildman–Crippen MR) is 69.5 cm³/mol. The lowest BCUT2D eigenvalue weighted by Gasteiger charge is -2.13. The van der Waals surface area contributed by atoms with Gasteiger partial charge in [-0.3, -0.25) is 14.3 Å². The molecule has 3 N–H and O–H groups in total. The van der Waals surface area contributed by atoms with E-state index in [9.17, 15) is 18.0 Å². The number of rotatable bonds is 5. The molecule has 0 bridgehead atoms. The standard InChI is InChI=1S/C11H14N2O5S/c1-7(11(15)16)12-10(14)8-5-3-4-6-9(8)13-19(2,17)18/h3-7,13H,1-2H3,(H,12,14)(H,15,16). The monoisotopic (exact) mass is 286 g/mol. The van der Waals surface area contributed by atoms with Crippen molar-refractivity contribution in [2.24, 2.45) is 0 Å². The summed E-state index contributed by atoms with van der Waals surface area (Å²) in [6, 6.07) is 4.86. The first-order chi connectivity index (χ1) is 8.70. The van der Waals surface area contributed by atoms with Gasteiger partial charge < -0.3 is 10.4 Å². The molecule has 0 saturated heterocycles. The van der Waals surface area contributed by atoms with Crippen molar-refractivity contribution in [3.05, 3.63) is 29.8 Å². The number of amides is 1. The van der Waals surface area contributed by atoms with Gasteiger partial charge >= 0.3 is 5.97 Å². The molecule has 0 spiro atoms. The Hall–Kier alpha value is -2.09. The first-order valence-electron chi connectivity index (χ1n) is 5.31. The SMILES string of the molecule is CC(NC(=O)c1ccccc1NS(C)(=O)=O)C(=O)O. The molecule has 0 fully saturated rings. The van der Waals surface area contributed by atoms with Gasteiger partial charge in [-0.15, -0.1) is 0 Å². The number of hydrogen-bond acceptors (Lipinski definition) is 4. The minimum absolute atomic E-state index is 0.0565. The van der Waals surface area contributed by atoms with Crippen LogP contribution >= 0.6 is 0 Å². The van der Waals surface area contributed by atoms with Crippen LogP contribution in [0.1, 0.15) is 17.3 Å². The lowest BCUT2D eigenvalue weighted by atomic mass is 10.1. The number of carbonyl (C=O) groups excluding carboxylic acids is 1. The average molecular weight is 286 g/mol. The van der Waals surface area contributed by atoms with Crippen LogP contribution in [0.5, 0.6) is 0 Å². The van der Waals surface area contributed by atoms with E-state index in [-0.39, 0.29) is 11.3 Å². The quantitative estimate of drug-likeness (QED) is 0.718. The minimum Gasteiger partial charge on any atom is -0.480 e. The van der Waals surface area contributed by atoms with Crippen molar-refractivity contribution in [3.8, 4) is 0 Å². The van der Waals surface area contributed by atoms with Crippen molar-refractivity contribution in [2.75, 3.05) is 11.0 Å². The summed E-state index contributed by atoms with van der Waals surface area (Å²) < 4.78 is 24.5. The summed E-state index contributed by atoms with van der Waals surface area (Å²) in [6.07, 6.45) is 0.960. The summed E-state index contributed by atoms with van der Waals surface area (Å²) in [5, 5.41) is 11.0. The molecule has 1 atom stereocenters. The van der Waals surface area contributed by atoms with Crippen LogP contribution in [-0.2, 0) is 14.8 Å². The highest BCUT2D eigenvalue weighted by molar-refractivity contribution is 7.92. The number of benzene rings is 1. The normalized spacial score (nSPS) is 12.5. The summed E-state index contributed by atoms with van der Waals surface area (Å²) in [4.78, 5) is 22.5. The van der Waals surface area contributed by atoms with Gasteiger partial charge in [0.2, 0.25) is 10.0 Å². The van der Waals surface area contributed by atoms with Crippen molar-refractivity contribution in [1.82, 2.24) is 5.32 Å². The molecule has 0 radical (unpaired) electrons. The lowest BCUT2D eigenvalue weighted by Crippen LogP contribution is -2.38. The average Bonchev–Trinajstić information content (AvgIpc) is 2.27. The molecule has 1 aromatic carbocycles. The molecular weight excluding hydrogens is 272 g/mol. The fourth-order valence-corrected chi connectivity index (χ4v) is 1.88. The minimum atomic E-state index is -3.52. The number of hydrogen-bond donors (Lipinski definition) is 3. The molecule has 0 aromatic heterocycles. The molecule has 1 aromatic rings. The number of carboxylic acids is 1. The summed E-state index contributed by atoms with van der Waals surface area (Å²) in [7, 11) is -3.52. The Morgan fingerprint density at radius 3 is 2.37 bits per heavy atom. The van der Waals surface area contributed by atoms with Gasteiger partial charge in [0, 0.05) is 0 Å². The third-order valence-corrected chi connectivity index (χ3v) is 2.78. The van der Waals surface area contributed by atoms with E-state index in [1.807, 2.05) is 0 Å². The number of carbonyl (C=O) groups is 2. The van der Waals surface area contributed by atoms with Crippen LogP contribution < -0.4 is 10.0 Å². The highest BCUT2D eigenvalue weighted by Crippen LogP contribution is 2.16. The molecule has 7 nitrogen and oxygen atoms in total. The van der Waals surface area contributed by atoms with Crippen LogP contribution in [0, 0.1) is 0 Å². The first kappa shape index (κ1) is 15.0. The fraction of sp³-hybridized carbons (Fsp3) is 0.273. The Balaban J connectivity index is 3.00. The van der Waals surface area contributed by atoms with E-state index in [0.717, 1.165) is 6.26 Å². The van der Waals surface area contributed by atoms with Crippen molar-refractivity contribution in [2.45, 2.75) is 13.0 Å². The topological polar surface area (TPSA) is 113 Å². The molecule has 1 rings (SSSR count). The number of nitrogens with one attached hydrogen (secondary N) is 2. The van der Waals surface area contributed by atoms with E-state index in [1.165, 1.54) is 19.1 Å². The Morgan fingerprint density at radius 1 is 1.26 bits per heavy atom. The Labute approximate surface area is 110 Å². The van der Waals surface area contributed by atoms with Gasteiger partial charge in [-0.2, -0.15) is 0 Å². The maximum atomic E-state index is 11.9. The van der Waals surface area contributed by atoms with Gasteiger partial charge in [0.05, 0.1) is 17.5 Å². The molecule has 8 heteroatoms. The van der Waals surface area contributed by atoms with E-state index in [0.29, 0.717) is 0 Å². The molecular formula is C11H14N2O5S. The maximum Gasteiger partial charge on any atom is 0.325 e. The smallest absolute Gasteiger partial charge is 0.325 e. The molecule has 1 unspecified atom stereocenters. The lowest BCUT2D eigenvalue weighted by molar-refractivity contribution is -0.138. The van der Waals surface area contributed by atoms with Gasteiger partial charge in [0.25, 0.3) is 5.91 Å². The van der Waals surface area contributed by atoms with E-state index >= 15 is 0 Å². The first-order valence-corrected chi connectivity index (χ1v) is 7.20. The Kier molecular flexibility index (Phi) is 4.49. The Bertz CT molecular complexity index is 597. The number of anilines is 1. The van der Waals surface area contributed by atoms with Crippen LogP contribution in [0.3, 0.4) is 0 Å². The van der Waals surface area contributed by atoms with E-state index < -0.39 is 27.9 Å². The predicted octanol–water partition coefficient (Wildman–Crippen LogP) is 0.261. The Morgan fingerprint density at radius 2 is 1.84 bits per heavy atom. The second-order valence-corrected chi connectivity index (χ2v) is 5.70. The molecule has 0 aliphatic heterocycles. The molecule has 104 valence electrons. The van der Waals surface area contributed by atoms with Gasteiger partial charge in [-0.05, 0) is 19.1 Å². The van der Waals surface area contributed by atoms with Crippen molar-refractivity contribution >= 4 is 27.6 Å². The van der Waals surface area contributed by atoms with Gasteiger partial charge in [-0.25, -0.2) is 8.42 Å². The summed E-state index contributed by atoms with van der Waals surface area (Å²) >= 11 is 0. The van der Waals surface area contributed by atoms with E-state index in [2.05, 4.69) is 10.0 Å². The van der Waals surface area contributed by atoms with Crippen molar-refractivity contribution < 1.29 is 23.1 Å². The van der Waals surface area contributed by atoms with Crippen LogP contribution in [-0.4, -0.2) is 37.7 Å². The molecule has 1 amide bonds. The number of sulfonamides is 1. The third kappa shape index (κ3) is 4.59. The zero-order valence-corrected chi connectivity index (χ0v) is 11.2. The molecule has 0 aliphatic carbocycles. The number of aliphatic carboxylic acids is 1. The second kappa shape index (κ2) is 5.70. The van der Waals surface area contributed by atoms with Crippen molar-refractivity contribution in [1.29, 1.82) is 0 Å². The van der Waals surface area contributed by atoms with Crippen LogP contribution in [0.15, 0.2) is 24.3 Å². The summed E-state index contributed by atoms with van der Waals surface area (Å²) in [6.45, 7) is 1.31. The molecule has 0 heterocycles.